The van der Waals surface area contributed by atoms with E-state index in [4.69, 9.17) is 4.74 Å². The van der Waals surface area contributed by atoms with Crippen LogP contribution in [-0.2, 0) is 11.2 Å². The number of rotatable bonds is 6. The summed E-state index contributed by atoms with van der Waals surface area (Å²) in [6.07, 6.45) is 0.307. The average molecular weight is 366 g/mol. The average Bonchev–Trinajstić information content (AvgIpc) is 2.97. The molecule has 0 fully saturated rings. The summed E-state index contributed by atoms with van der Waals surface area (Å²) in [6, 6.07) is 15.6. The molecule has 0 bridgehead atoms. The molecule has 4 nitrogen and oxygen atoms in total. The second-order valence-electron chi connectivity index (χ2n) is 6.05. The second-order valence-corrected chi connectivity index (χ2v) is 7.34. The minimum absolute atomic E-state index is 0.0498. The van der Waals surface area contributed by atoms with Crippen LogP contribution in [0.3, 0.4) is 0 Å². The van der Waals surface area contributed by atoms with E-state index in [1.54, 1.807) is 11.3 Å². The van der Waals surface area contributed by atoms with Gasteiger partial charge in [-0.1, -0.05) is 29.8 Å². The Hall–Kier alpha value is -2.66. The lowest BCUT2D eigenvalue weighted by molar-refractivity contribution is -0.115. The normalized spacial score (nSPS) is 10.6. The first kappa shape index (κ1) is 18.1. The molecule has 0 saturated carbocycles. The number of hydrogen-bond donors (Lipinski definition) is 1. The minimum atomic E-state index is -0.0498. The molecule has 0 aliphatic heterocycles. The Labute approximate surface area is 157 Å². The van der Waals surface area contributed by atoms with Gasteiger partial charge < -0.3 is 10.1 Å². The van der Waals surface area contributed by atoms with Crippen molar-refractivity contribution in [2.24, 2.45) is 0 Å². The summed E-state index contributed by atoms with van der Waals surface area (Å²) in [6.45, 7) is 6.59. The van der Waals surface area contributed by atoms with Crippen LogP contribution in [0.25, 0.3) is 11.3 Å². The fourth-order valence-corrected chi connectivity index (χ4v) is 3.64. The van der Waals surface area contributed by atoms with Crippen molar-refractivity contribution in [3.05, 3.63) is 64.0 Å². The minimum Gasteiger partial charge on any atom is -0.494 e. The number of amides is 1. The molecule has 1 amide bonds. The zero-order valence-electron chi connectivity index (χ0n) is 15.2. The number of ether oxygens (including phenoxy) is 1. The molecule has 2 aromatic carbocycles. The Bertz CT molecular complexity index is 883. The number of aromatic nitrogens is 1. The summed E-state index contributed by atoms with van der Waals surface area (Å²) in [4.78, 5) is 18.1. The Morgan fingerprint density at radius 3 is 2.42 bits per heavy atom. The SMILES string of the molecule is CCOc1ccc(NC(=O)Cc2sc(C)nc2-c2ccc(C)cc2)cc1. The second kappa shape index (κ2) is 8.15. The maximum atomic E-state index is 12.5. The molecule has 0 atom stereocenters. The fraction of sp³-hybridized carbons (Fsp3) is 0.238. The zero-order valence-corrected chi connectivity index (χ0v) is 16.0. The van der Waals surface area contributed by atoms with Crippen molar-refractivity contribution in [3.63, 3.8) is 0 Å². The molecule has 0 unspecified atom stereocenters. The molecule has 1 aromatic heterocycles. The molecule has 5 heteroatoms. The number of thiazole rings is 1. The van der Waals surface area contributed by atoms with Gasteiger partial charge >= 0.3 is 0 Å². The maximum Gasteiger partial charge on any atom is 0.229 e. The van der Waals surface area contributed by atoms with E-state index in [0.29, 0.717) is 13.0 Å². The number of aryl methyl sites for hydroxylation is 2. The highest BCUT2D eigenvalue weighted by Gasteiger charge is 2.15. The highest BCUT2D eigenvalue weighted by Crippen LogP contribution is 2.29. The Balaban J connectivity index is 1.72. The third-order valence-corrected chi connectivity index (χ3v) is 4.87. The van der Waals surface area contributed by atoms with E-state index < -0.39 is 0 Å². The quantitative estimate of drug-likeness (QED) is 0.667. The molecule has 134 valence electrons. The molecule has 26 heavy (non-hydrogen) atoms. The van der Waals surface area contributed by atoms with Crippen LogP contribution < -0.4 is 10.1 Å². The van der Waals surface area contributed by atoms with Gasteiger partial charge in [0, 0.05) is 16.1 Å². The largest absolute Gasteiger partial charge is 0.494 e. The first-order chi connectivity index (χ1) is 12.5. The molecule has 0 aliphatic carbocycles. The predicted molar refractivity (Wildman–Crippen MR) is 107 cm³/mol. The number of benzene rings is 2. The van der Waals surface area contributed by atoms with Crippen molar-refractivity contribution in [3.8, 4) is 17.0 Å². The van der Waals surface area contributed by atoms with E-state index >= 15 is 0 Å². The lowest BCUT2D eigenvalue weighted by Gasteiger charge is -2.07. The Morgan fingerprint density at radius 2 is 1.77 bits per heavy atom. The number of nitrogens with one attached hydrogen (secondary N) is 1. The summed E-state index contributed by atoms with van der Waals surface area (Å²) in [7, 11) is 0. The van der Waals surface area contributed by atoms with Gasteiger partial charge in [0.05, 0.1) is 23.7 Å². The Morgan fingerprint density at radius 1 is 1.08 bits per heavy atom. The summed E-state index contributed by atoms with van der Waals surface area (Å²) in [5, 5.41) is 3.90. The van der Waals surface area contributed by atoms with Gasteiger partial charge in [0.2, 0.25) is 5.91 Å². The van der Waals surface area contributed by atoms with Gasteiger partial charge in [-0.2, -0.15) is 0 Å². The highest BCUT2D eigenvalue weighted by atomic mass is 32.1. The summed E-state index contributed by atoms with van der Waals surface area (Å²) in [5.74, 6) is 0.747. The molecule has 0 radical (unpaired) electrons. The maximum absolute atomic E-state index is 12.5. The van der Waals surface area contributed by atoms with Gasteiger partial charge in [-0.15, -0.1) is 11.3 Å². The Kier molecular flexibility index (Phi) is 5.68. The van der Waals surface area contributed by atoms with Crippen LogP contribution in [0.4, 0.5) is 5.69 Å². The van der Waals surface area contributed by atoms with Crippen molar-refractivity contribution in [1.82, 2.24) is 4.98 Å². The van der Waals surface area contributed by atoms with E-state index in [0.717, 1.165) is 32.6 Å². The third-order valence-electron chi connectivity index (χ3n) is 3.90. The highest BCUT2D eigenvalue weighted by molar-refractivity contribution is 7.12. The van der Waals surface area contributed by atoms with E-state index in [2.05, 4.69) is 41.5 Å². The molecule has 1 heterocycles. The van der Waals surface area contributed by atoms with Gasteiger partial charge in [-0.25, -0.2) is 4.98 Å². The molecule has 1 N–H and O–H groups in total. The molecule has 0 spiro atoms. The summed E-state index contributed by atoms with van der Waals surface area (Å²) in [5.41, 5.74) is 3.91. The zero-order chi connectivity index (χ0) is 18.5. The van der Waals surface area contributed by atoms with Crippen molar-refractivity contribution in [1.29, 1.82) is 0 Å². The van der Waals surface area contributed by atoms with Crippen molar-refractivity contribution in [2.75, 3.05) is 11.9 Å². The van der Waals surface area contributed by atoms with Crippen LogP contribution in [0.5, 0.6) is 5.75 Å². The van der Waals surface area contributed by atoms with Crippen molar-refractivity contribution in [2.45, 2.75) is 27.2 Å². The monoisotopic (exact) mass is 366 g/mol. The van der Waals surface area contributed by atoms with Gasteiger partial charge in [0.1, 0.15) is 5.75 Å². The topological polar surface area (TPSA) is 51.2 Å². The van der Waals surface area contributed by atoms with Crippen molar-refractivity contribution >= 4 is 22.9 Å². The number of carbonyl (C=O) groups excluding carboxylic acids is 1. The lowest BCUT2D eigenvalue weighted by Crippen LogP contribution is -2.14. The predicted octanol–water partition coefficient (Wildman–Crippen LogP) is 5.01. The van der Waals surface area contributed by atoms with Crippen LogP contribution >= 0.6 is 11.3 Å². The first-order valence-electron chi connectivity index (χ1n) is 8.61. The van der Waals surface area contributed by atoms with Crippen LogP contribution in [0.2, 0.25) is 0 Å². The van der Waals surface area contributed by atoms with Gasteiger partial charge in [-0.05, 0) is 45.0 Å². The van der Waals surface area contributed by atoms with E-state index in [9.17, 15) is 4.79 Å². The van der Waals surface area contributed by atoms with Gasteiger partial charge in [-0.3, -0.25) is 4.79 Å². The molecule has 3 rings (SSSR count). The van der Waals surface area contributed by atoms with Crippen LogP contribution in [0.15, 0.2) is 48.5 Å². The van der Waals surface area contributed by atoms with Gasteiger partial charge in [0.25, 0.3) is 0 Å². The lowest BCUT2D eigenvalue weighted by atomic mass is 10.1. The number of nitrogens with zero attached hydrogens (tertiary/aromatic N) is 1. The van der Waals surface area contributed by atoms with Crippen LogP contribution in [0, 0.1) is 13.8 Å². The summed E-state index contributed by atoms with van der Waals surface area (Å²) >= 11 is 1.57. The number of anilines is 1. The van der Waals surface area contributed by atoms with Crippen LogP contribution in [-0.4, -0.2) is 17.5 Å². The number of carbonyl (C=O) groups is 1. The molecular formula is C21H22N2O2S. The van der Waals surface area contributed by atoms with E-state index in [1.807, 2.05) is 38.1 Å². The summed E-state index contributed by atoms with van der Waals surface area (Å²) < 4.78 is 5.42. The molecule has 0 saturated heterocycles. The van der Waals surface area contributed by atoms with E-state index in [-0.39, 0.29) is 5.91 Å². The molecule has 0 aliphatic rings. The van der Waals surface area contributed by atoms with Crippen LogP contribution in [0.1, 0.15) is 22.4 Å². The third kappa shape index (κ3) is 4.49. The standard InChI is InChI=1S/C21H22N2O2S/c1-4-25-18-11-9-17(10-12-18)23-20(24)13-19-21(22-15(3)26-19)16-7-5-14(2)6-8-16/h5-12H,4,13H2,1-3H3,(H,23,24). The van der Waals surface area contributed by atoms with Gasteiger partial charge in [0.15, 0.2) is 0 Å². The molecule has 3 aromatic rings. The first-order valence-corrected chi connectivity index (χ1v) is 9.43. The molecular weight excluding hydrogens is 344 g/mol. The van der Waals surface area contributed by atoms with Crippen molar-refractivity contribution < 1.29 is 9.53 Å². The number of hydrogen-bond acceptors (Lipinski definition) is 4. The fourth-order valence-electron chi connectivity index (χ4n) is 2.68. The van der Waals surface area contributed by atoms with E-state index in [1.165, 1.54) is 5.56 Å². The smallest absolute Gasteiger partial charge is 0.229 e.